The second-order valence-electron chi connectivity index (χ2n) is 5.98. The molecule has 0 spiro atoms. The van der Waals surface area contributed by atoms with Crippen LogP contribution < -0.4 is 4.74 Å². The first-order chi connectivity index (χ1) is 11.1. The Bertz CT molecular complexity index is 645. The molecule has 1 atom stereocenters. The van der Waals surface area contributed by atoms with Gasteiger partial charge < -0.3 is 19.4 Å². The summed E-state index contributed by atoms with van der Waals surface area (Å²) in [7, 11) is 2.17. The third-order valence-corrected chi connectivity index (χ3v) is 4.46. The van der Waals surface area contributed by atoms with Gasteiger partial charge in [-0.1, -0.05) is 0 Å². The third-order valence-electron chi connectivity index (χ3n) is 4.46. The Labute approximate surface area is 134 Å². The molecule has 0 bridgehead atoms. The minimum atomic E-state index is -2.75. The van der Waals surface area contributed by atoms with E-state index in [1.165, 1.54) is 18.4 Å². The van der Waals surface area contributed by atoms with Crippen molar-refractivity contribution in [2.45, 2.75) is 31.9 Å². The number of halogens is 2. The molecule has 3 rings (SSSR count). The highest BCUT2D eigenvalue weighted by Gasteiger charge is 2.22. The predicted molar refractivity (Wildman–Crippen MR) is 85.1 cm³/mol. The number of hydrogen-bond acceptors (Lipinski definition) is 3. The Kier molecular flexibility index (Phi) is 5.13. The van der Waals surface area contributed by atoms with Crippen molar-refractivity contribution in [2.75, 3.05) is 26.8 Å². The van der Waals surface area contributed by atoms with Gasteiger partial charge >= 0.3 is 6.61 Å². The summed E-state index contributed by atoms with van der Waals surface area (Å²) in [6.45, 7) is -1.60. The molecule has 2 heterocycles. The van der Waals surface area contributed by atoms with Gasteiger partial charge in [0.25, 0.3) is 0 Å². The predicted octanol–water partition coefficient (Wildman–Crippen LogP) is 3.42. The van der Waals surface area contributed by atoms with E-state index >= 15 is 0 Å². The van der Waals surface area contributed by atoms with Gasteiger partial charge in [-0.15, -0.1) is 0 Å². The van der Waals surface area contributed by atoms with Crippen molar-refractivity contribution in [1.82, 2.24) is 9.88 Å². The first-order valence-electron chi connectivity index (χ1n) is 7.96. The van der Waals surface area contributed by atoms with Gasteiger partial charge in [-0.25, -0.2) is 0 Å². The molecule has 0 amide bonds. The van der Waals surface area contributed by atoms with E-state index in [9.17, 15) is 8.78 Å². The monoisotopic (exact) mass is 324 g/mol. The number of H-pyrrole nitrogens is 1. The molecule has 1 fully saturated rings. The highest BCUT2D eigenvalue weighted by atomic mass is 19.3. The number of likely N-dealkylation sites (tertiary alicyclic amines) is 1. The zero-order chi connectivity index (χ0) is 16.2. The molecule has 0 radical (unpaired) electrons. The molecule has 4 nitrogen and oxygen atoms in total. The number of rotatable bonds is 7. The van der Waals surface area contributed by atoms with Crippen molar-refractivity contribution in [3.63, 3.8) is 0 Å². The van der Waals surface area contributed by atoms with E-state index in [1.54, 1.807) is 0 Å². The van der Waals surface area contributed by atoms with Gasteiger partial charge in [-0.3, -0.25) is 0 Å². The first kappa shape index (κ1) is 16.2. The lowest BCUT2D eigenvalue weighted by atomic mass is 10.0. The number of alkyl halides is 2. The molecule has 126 valence electrons. The smallest absolute Gasteiger partial charge is 0.345 e. The van der Waals surface area contributed by atoms with Gasteiger partial charge in [0.05, 0.1) is 6.61 Å². The highest BCUT2D eigenvalue weighted by molar-refractivity contribution is 5.84. The topological polar surface area (TPSA) is 37.5 Å². The van der Waals surface area contributed by atoms with Crippen LogP contribution in [-0.2, 0) is 11.2 Å². The molecule has 1 aliphatic heterocycles. The maximum Gasteiger partial charge on any atom is 0.345 e. The van der Waals surface area contributed by atoms with Crippen LogP contribution in [0.3, 0.4) is 0 Å². The Morgan fingerprint density at radius 1 is 1.35 bits per heavy atom. The maximum absolute atomic E-state index is 11.9. The van der Waals surface area contributed by atoms with E-state index in [2.05, 4.69) is 27.9 Å². The fraction of sp³-hybridized carbons (Fsp3) is 0.529. The van der Waals surface area contributed by atoms with E-state index in [4.69, 9.17) is 4.74 Å². The number of likely N-dealkylation sites (N-methyl/N-ethyl adjacent to an activating group) is 1. The lowest BCUT2D eigenvalue weighted by Crippen LogP contribution is -2.26. The Hall–Kier alpha value is -1.66. The van der Waals surface area contributed by atoms with Gasteiger partial charge in [-0.2, -0.15) is 8.78 Å². The van der Waals surface area contributed by atoms with Crippen LogP contribution in [0.5, 0.6) is 5.75 Å². The average Bonchev–Trinajstić information content (AvgIpc) is 3.11. The van der Waals surface area contributed by atoms with Crippen LogP contribution >= 0.6 is 0 Å². The number of ether oxygens (including phenoxy) is 2. The van der Waals surface area contributed by atoms with Crippen LogP contribution in [0.25, 0.3) is 10.9 Å². The maximum atomic E-state index is 11.9. The van der Waals surface area contributed by atoms with Crippen molar-refractivity contribution in [2.24, 2.45) is 0 Å². The number of fused-ring (bicyclic) bond motifs is 1. The fourth-order valence-corrected chi connectivity index (χ4v) is 3.20. The van der Waals surface area contributed by atoms with Gasteiger partial charge in [-0.05, 0) is 56.6 Å². The molecule has 1 N–H and O–H groups in total. The summed E-state index contributed by atoms with van der Waals surface area (Å²) in [5, 5.41) is 1.14. The largest absolute Gasteiger partial charge is 0.491 e. The second kappa shape index (κ2) is 7.27. The number of benzene rings is 1. The van der Waals surface area contributed by atoms with Gasteiger partial charge in [0, 0.05) is 23.1 Å². The van der Waals surface area contributed by atoms with Crippen molar-refractivity contribution in [3.8, 4) is 5.75 Å². The first-order valence-corrected chi connectivity index (χ1v) is 7.96. The number of hydrogen-bond donors (Lipinski definition) is 1. The van der Waals surface area contributed by atoms with Crippen molar-refractivity contribution in [3.05, 3.63) is 30.0 Å². The van der Waals surface area contributed by atoms with Crippen LogP contribution in [0.2, 0.25) is 0 Å². The molecule has 23 heavy (non-hydrogen) atoms. The summed E-state index contributed by atoms with van der Waals surface area (Å²) in [6.07, 6.45) is 5.54. The van der Waals surface area contributed by atoms with Gasteiger partial charge in [0.2, 0.25) is 0 Å². The van der Waals surface area contributed by atoms with E-state index in [-0.39, 0.29) is 13.2 Å². The normalized spacial score (nSPS) is 19.0. The van der Waals surface area contributed by atoms with Crippen LogP contribution in [0.15, 0.2) is 24.4 Å². The zero-order valence-corrected chi connectivity index (χ0v) is 13.2. The van der Waals surface area contributed by atoms with Gasteiger partial charge in [0.1, 0.15) is 12.4 Å². The van der Waals surface area contributed by atoms with Crippen molar-refractivity contribution < 1.29 is 18.3 Å². The number of nitrogens with one attached hydrogen (secondary N) is 1. The standard InChI is InChI=1S/C17H22F2N2O2/c1-21-6-2-3-13(21)9-12-11-20-16-5-4-14(10-15(12)16)22-7-8-23-17(18)19/h4-5,10-11,13,17,20H,2-3,6-9H2,1H3/t13-/m1/s1. The van der Waals surface area contributed by atoms with Crippen LogP contribution in [0.1, 0.15) is 18.4 Å². The van der Waals surface area contributed by atoms with Crippen LogP contribution in [0.4, 0.5) is 8.78 Å². The molecule has 0 saturated carbocycles. The van der Waals surface area contributed by atoms with Crippen molar-refractivity contribution >= 4 is 10.9 Å². The Morgan fingerprint density at radius 3 is 2.96 bits per heavy atom. The SMILES string of the molecule is CN1CCC[C@@H]1Cc1c[nH]c2ccc(OCCOC(F)F)cc12. The van der Waals surface area contributed by atoms with E-state index in [0.717, 1.165) is 23.9 Å². The zero-order valence-electron chi connectivity index (χ0n) is 13.2. The molecule has 0 unspecified atom stereocenters. The van der Waals surface area contributed by atoms with E-state index in [0.29, 0.717) is 11.8 Å². The summed E-state index contributed by atoms with van der Waals surface area (Å²) in [5.74, 6) is 0.677. The summed E-state index contributed by atoms with van der Waals surface area (Å²) >= 11 is 0. The summed E-state index contributed by atoms with van der Waals surface area (Å²) in [5.41, 5.74) is 2.34. The summed E-state index contributed by atoms with van der Waals surface area (Å²) < 4.78 is 33.5. The molecular formula is C17H22F2N2O2. The Balaban J connectivity index is 1.67. The lowest BCUT2D eigenvalue weighted by molar-refractivity contribution is -0.133. The minimum Gasteiger partial charge on any atom is -0.491 e. The van der Waals surface area contributed by atoms with Crippen LogP contribution in [-0.4, -0.2) is 49.3 Å². The summed E-state index contributed by atoms with van der Waals surface area (Å²) in [6, 6.07) is 6.35. The molecular weight excluding hydrogens is 302 g/mol. The lowest BCUT2D eigenvalue weighted by Gasteiger charge is -2.18. The molecule has 1 saturated heterocycles. The molecule has 1 aromatic carbocycles. The second-order valence-corrected chi connectivity index (χ2v) is 5.98. The quantitative estimate of drug-likeness (QED) is 0.793. The summed E-state index contributed by atoms with van der Waals surface area (Å²) in [4.78, 5) is 5.69. The molecule has 6 heteroatoms. The Morgan fingerprint density at radius 2 is 2.22 bits per heavy atom. The number of nitrogens with zero attached hydrogens (tertiary/aromatic N) is 1. The molecule has 2 aromatic rings. The van der Waals surface area contributed by atoms with Crippen molar-refractivity contribution in [1.29, 1.82) is 0 Å². The third kappa shape index (κ3) is 4.00. The highest BCUT2D eigenvalue weighted by Crippen LogP contribution is 2.27. The van der Waals surface area contributed by atoms with E-state index in [1.807, 2.05) is 18.2 Å². The molecule has 1 aromatic heterocycles. The molecule has 1 aliphatic rings. The number of aromatic amines is 1. The van der Waals surface area contributed by atoms with E-state index < -0.39 is 6.61 Å². The molecule has 0 aliphatic carbocycles. The van der Waals surface area contributed by atoms with Gasteiger partial charge in [0.15, 0.2) is 0 Å². The van der Waals surface area contributed by atoms with Crippen LogP contribution in [0, 0.1) is 0 Å². The average molecular weight is 324 g/mol. The number of aromatic nitrogens is 1. The minimum absolute atomic E-state index is 0.112. The fourth-order valence-electron chi connectivity index (χ4n) is 3.20.